The quantitative estimate of drug-likeness (QED) is 0.363. The Kier molecular flexibility index (Phi) is 7.38. The van der Waals surface area contributed by atoms with Crippen molar-refractivity contribution < 1.29 is 23.8 Å². The summed E-state index contributed by atoms with van der Waals surface area (Å²) in [6.45, 7) is 5.11. The van der Waals surface area contributed by atoms with Crippen LogP contribution in [0.25, 0.3) is 0 Å². The number of carbonyl (C=O) groups excluding carboxylic acids is 2. The number of fused-ring (bicyclic) bond motifs is 5. The number of aliphatic hydroxyl groups is 1. The lowest BCUT2D eigenvalue weighted by molar-refractivity contribution is -0.127. The summed E-state index contributed by atoms with van der Waals surface area (Å²) < 4.78 is 20.0. The van der Waals surface area contributed by atoms with Gasteiger partial charge in [-0.05, 0) is 91.5 Å². The van der Waals surface area contributed by atoms with Gasteiger partial charge in [0.05, 0.1) is 31.4 Å². The van der Waals surface area contributed by atoms with Gasteiger partial charge in [0.25, 0.3) is 0 Å². The predicted molar refractivity (Wildman–Crippen MR) is 151 cm³/mol. The molecule has 2 N–H and O–H groups in total. The molecule has 212 valence electrons. The molecule has 7 nitrogen and oxygen atoms in total. The van der Waals surface area contributed by atoms with Crippen molar-refractivity contribution in [1.29, 1.82) is 0 Å². The molecule has 6 rings (SSSR count). The van der Waals surface area contributed by atoms with Crippen LogP contribution in [0, 0.1) is 29.0 Å². The van der Waals surface area contributed by atoms with Crippen LogP contribution >= 0.6 is 0 Å². The number of hydrogen-bond acceptors (Lipinski definition) is 6. The molecule has 2 saturated carbocycles. The number of nitrogens with zero attached hydrogens (tertiary/aromatic N) is 2. The number of nitrogens with one attached hydrogen (secondary N) is 1. The Morgan fingerprint density at radius 1 is 1.25 bits per heavy atom. The normalized spacial score (nSPS) is 30.5. The van der Waals surface area contributed by atoms with Gasteiger partial charge in [-0.15, -0.1) is 0 Å². The zero-order chi connectivity index (χ0) is 27.9. The number of anilines is 2. The zero-order valence-electron chi connectivity index (χ0n) is 23.1. The second-order valence-electron chi connectivity index (χ2n) is 12.1. The van der Waals surface area contributed by atoms with Crippen molar-refractivity contribution in [1.82, 2.24) is 4.98 Å². The maximum atomic E-state index is 14.6. The number of amides is 1. The van der Waals surface area contributed by atoms with E-state index in [1.54, 1.807) is 18.3 Å². The predicted octanol–water partition coefficient (Wildman–Crippen LogP) is 5.57. The lowest BCUT2D eigenvalue weighted by Gasteiger charge is -2.49. The summed E-state index contributed by atoms with van der Waals surface area (Å²) in [7, 11) is 0. The number of rotatable bonds is 6. The first-order valence-corrected chi connectivity index (χ1v) is 14.7. The number of aliphatic hydroxyl groups excluding tert-OH is 1. The number of ether oxygens (including phenoxy) is 1. The van der Waals surface area contributed by atoms with Gasteiger partial charge in [-0.3, -0.25) is 9.59 Å². The smallest absolute Gasteiger partial charge is 0.225 e. The fraction of sp³-hybridized carbons (Fsp3) is 0.531. The Hall–Kier alpha value is -3.26. The summed E-state index contributed by atoms with van der Waals surface area (Å²) in [5, 5.41) is 13.0. The molecule has 5 atom stereocenters. The first-order chi connectivity index (χ1) is 19.4. The maximum Gasteiger partial charge on any atom is 0.225 e. The van der Waals surface area contributed by atoms with Crippen molar-refractivity contribution in [3.05, 3.63) is 65.3 Å². The number of hydrogen-bond donors (Lipinski definition) is 2. The van der Waals surface area contributed by atoms with Gasteiger partial charge < -0.3 is 20.1 Å². The van der Waals surface area contributed by atoms with Gasteiger partial charge in [0.1, 0.15) is 11.6 Å². The highest BCUT2D eigenvalue weighted by Gasteiger charge is 2.60. The first kappa shape index (κ1) is 26.9. The van der Waals surface area contributed by atoms with E-state index in [4.69, 9.17) is 4.74 Å². The minimum absolute atomic E-state index is 0.0440. The van der Waals surface area contributed by atoms with Crippen molar-refractivity contribution in [2.75, 3.05) is 36.5 Å². The highest BCUT2D eigenvalue weighted by atomic mass is 19.1. The molecule has 1 aromatic heterocycles. The second-order valence-corrected chi connectivity index (χ2v) is 12.1. The molecular formula is C32H38FN3O4. The summed E-state index contributed by atoms with van der Waals surface area (Å²) in [5.74, 6) is 0.762. The van der Waals surface area contributed by atoms with Gasteiger partial charge in [-0.2, -0.15) is 0 Å². The molecule has 3 aliphatic carbocycles. The van der Waals surface area contributed by atoms with Crippen LogP contribution in [0.1, 0.15) is 62.5 Å². The van der Waals surface area contributed by atoms with Crippen LogP contribution in [0.3, 0.4) is 0 Å². The third-order valence-electron chi connectivity index (χ3n) is 10.0. The van der Waals surface area contributed by atoms with Gasteiger partial charge in [-0.1, -0.05) is 19.1 Å². The van der Waals surface area contributed by atoms with Crippen LogP contribution in [0.15, 0.2) is 48.4 Å². The lowest BCUT2D eigenvalue weighted by atomic mass is 9.54. The molecule has 0 spiro atoms. The molecule has 3 fully saturated rings. The molecule has 8 heteroatoms. The van der Waals surface area contributed by atoms with Crippen molar-refractivity contribution in [3.63, 3.8) is 0 Å². The number of morpholine rings is 1. The van der Waals surface area contributed by atoms with E-state index in [1.165, 1.54) is 0 Å². The number of aromatic nitrogens is 1. The number of ketones is 1. The first-order valence-electron chi connectivity index (χ1n) is 14.7. The summed E-state index contributed by atoms with van der Waals surface area (Å²) in [6.07, 6.45) is 7.44. The van der Waals surface area contributed by atoms with Crippen molar-refractivity contribution in [3.8, 4) is 0 Å². The lowest BCUT2D eigenvalue weighted by Crippen LogP contribution is -2.44. The molecule has 0 bridgehead atoms. The summed E-state index contributed by atoms with van der Waals surface area (Å²) >= 11 is 0. The van der Waals surface area contributed by atoms with E-state index >= 15 is 0 Å². The Bertz CT molecular complexity index is 1310. The van der Waals surface area contributed by atoms with E-state index in [-0.39, 0.29) is 41.2 Å². The minimum atomic E-state index is -0.528. The number of carbonyl (C=O) groups is 2. The molecule has 1 saturated heterocycles. The minimum Gasteiger partial charge on any atom is -0.515 e. The topological polar surface area (TPSA) is 91.8 Å². The van der Waals surface area contributed by atoms with E-state index < -0.39 is 5.41 Å². The number of benzene rings is 1. The summed E-state index contributed by atoms with van der Waals surface area (Å²) in [5.41, 5.74) is 2.91. The molecule has 1 amide bonds. The van der Waals surface area contributed by atoms with E-state index in [1.807, 2.05) is 12.1 Å². The number of pyridine rings is 1. The standard InChI is InChI=1S/C32H38FN3O4/c1-32-13-12-22-21-4-2-6-27(33)23(21)9-10-25(22)30(32)24(26(19-37)31(32)39)5-3-7-29(38)35-28-11-8-20(18-34-28)36-14-16-40-17-15-36/h2,4,6,8,11,18-19,22,24-25,30,37H,3,5,7,9-10,12-17H2,1H3,(H,34,35,38)/b26-19-/t22?,24-,25?,30?,32+/m1/s1. The van der Waals surface area contributed by atoms with Crippen molar-refractivity contribution in [2.24, 2.45) is 23.2 Å². The number of Topliss-reactive ketones (excluding diaryl/α,β-unsaturated/α-hetero) is 1. The average Bonchev–Trinajstić information content (AvgIpc) is 3.19. The Balaban J connectivity index is 1.12. The molecule has 2 heterocycles. The molecule has 4 aliphatic rings. The summed E-state index contributed by atoms with van der Waals surface area (Å²) in [4.78, 5) is 33.0. The third-order valence-corrected chi connectivity index (χ3v) is 10.0. The van der Waals surface area contributed by atoms with Crippen molar-refractivity contribution >= 4 is 23.2 Å². The van der Waals surface area contributed by atoms with Gasteiger partial charge in [0.2, 0.25) is 5.91 Å². The van der Waals surface area contributed by atoms with Gasteiger partial charge in [0.15, 0.2) is 5.78 Å². The van der Waals surface area contributed by atoms with Crippen LogP contribution in [0.5, 0.6) is 0 Å². The second kappa shape index (κ2) is 11.0. The van der Waals surface area contributed by atoms with Crippen LogP contribution in [-0.4, -0.2) is 48.1 Å². The van der Waals surface area contributed by atoms with Crippen LogP contribution in [-0.2, 0) is 20.7 Å². The summed E-state index contributed by atoms with van der Waals surface area (Å²) in [6, 6.07) is 9.18. The van der Waals surface area contributed by atoms with E-state index in [2.05, 4.69) is 28.2 Å². The monoisotopic (exact) mass is 547 g/mol. The highest BCUT2D eigenvalue weighted by molar-refractivity contribution is 6.03. The average molecular weight is 548 g/mol. The van der Waals surface area contributed by atoms with Crippen LogP contribution < -0.4 is 10.2 Å². The SMILES string of the molecule is C[C@]12CCC3c4cccc(F)c4CCC3C1[C@H](CCCC(=O)Nc1ccc(N3CCOCC3)cn1)/C(=C/O)C2=O. The zero-order valence-corrected chi connectivity index (χ0v) is 23.1. The molecule has 3 unspecified atom stereocenters. The number of halogens is 1. The molecular weight excluding hydrogens is 509 g/mol. The van der Waals surface area contributed by atoms with Gasteiger partial charge >= 0.3 is 0 Å². The largest absolute Gasteiger partial charge is 0.515 e. The maximum absolute atomic E-state index is 14.6. The number of allylic oxidation sites excluding steroid dienone is 1. The van der Waals surface area contributed by atoms with Crippen LogP contribution in [0.2, 0.25) is 0 Å². The van der Waals surface area contributed by atoms with Crippen molar-refractivity contribution in [2.45, 2.75) is 57.8 Å². The Labute approximate surface area is 234 Å². The van der Waals surface area contributed by atoms with Gasteiger partial charge in [0, 0.05) is 30.5 Å². The third kappa shape index (κ3) is 4.70. The van der Waals surface area contributed by atoms with E-state index in [9.17, 15) is 19.1 Å². The van der Waals surface area contributed by atoms with Gasteiger partial charge in [-0.25, -0.2) is 9.37 Å². The highest BCUT2D eigenvalue weighted by Crippen LogP contribution is 2.63. The fourth-order valence-corrected chi connectivity index (χ4v) is 8.17. The molecule has 1 aliphatic heterocycles. The fourth-order valence-electron chi connectivity index (χ4n) is 8.17. The van der Waals surface area contributed by atoms with E-state index in [0.29, 0.717) is 50.3 Å². The Morgan fingerprint density at radius 2 is 2.08 bits per heavy atom. The Morgan fingerprint density at radius 3 is 2.83 bits per heavy atom. The molecule has 0 radical (unpaired) electrons. The molecule has 2 aromatic rings. The van der Waals surface area contributed by atoms with Crippen LogP contribution in [0.4, 0.5) is 15.9 Å². The molecule has 1 aromatic carbocycles. The molecule has 40 heavy (non-hydrogen) atoms. The van der Waals surface area contributed by atoms with E-state index in [0.717, 1.165) is 55.4 Å².